The highest BCUT2D eigenvalue weighted by molar-refractivity contribution is 7.92. The van der Waals surface area contributed by atoms with Crippen molar-refractivity contribution in [2.75, 3.05) is 10.8 Å². The maximum Gasteiger partial charge on any atom is 0.324 e. The van der Waals surface area contributed by atoms with Gasteiger partial charge in [-0.05, 0) is 73.4 Å². The number of carbonyl (C=O) groups is 2. The molecule has 0 aliphatic heterocycles. The Morgan fingerprint density at radius 1 is 1.10 bits per heavy atom. The zero-order chi connectivity index (χ0) is 27.9. The molecule has 2 aromatic carbocycles. The average Bonchev–Trinajstić information content (AvgIpc) is 3.63. The van der Waals surface area contributed by atoms with Crippen molar-refractivity contribution < 1.29 is 23.1 Å². The van der Waals surface area contributed by atoms with E-state index in [1.165, 1.54) is 24.3 Å². The molecular weight excluding hydrogens is 563 g/mol. The number of hydrogen-bond donors (Lipinski definition) is 2. The first kappa shape index (κ1) is 27.0. The zero-order valence-corrected chi connectivity index (χ0v) is 23.1. The number of halogens is 2. The fourth-order valence-electron chi connectivity index (χ4n) is 4.34. The number of aromatic nitrogens is 2. The molecule has 2 N–H and O–H groups in total. The number of nitrogens with one attached hydrogen (secondary N) is 1. The Bertz CT molecular complexity index is 1700. The zero-order valence-electron chi connectivity index (χ0n) is 20.8. The highest BCUT2D eigenvalue weighted by atomic mass is 35.5. The van der Waals surface area contributed by atoms with Crippen LogP contribution in [0.5, 0.6) is 0 Å². The van der Waals surface area contributed by atoms with Crippen molar-refractivity contribution in [2.45, 2.75) is 37.1 Å². The molecule has 0 unspecified atom stereocenters. The van der Waals surface area contributed by atoms with Crippen LogP contribution in [0.1, 0.15) is 35.7 Å². The summed E-state index contributed by atoms with van der Waals surface area (Å²) in [6.45, 7) is 1.15. The number of aliphatic carboxylic acids is 1. The molecule has 2 heterocycles. The molecule has 0 bridgehead atoms. The second kappa shape index (κ2) is 10.5. The largest absolute Gasteiger partial charge is 0.480 e. The van der Waals surface area contributed by atoms with E-state index in [2.05, 4.69) is 10.3 Å². The summed E-state index contributed by atoms with van der Waals surface area (Å²) in [7, 11) is -4.33. The first-order chi connectivity index (χ1) is 18.6. The lowest BCUT2D eigenvalue weighted by molar-refractivity contribution is -0.135. The first-order valence-corrected chi connectivity index (χ1v) is 14.4. The van der Waals surface area contributed by atoms with Crippen molar-refractivity contribution in [3.05, 3.63) is 82.1 Å². The third-order valence-electron chi connectivity index (χ3n) is 6.41. The lowest BCUT2D eigenvalue weighted by Gasteiger charge is -2.23. The molecule has 1 amide bonds. The second-order valence-corrected chi connectivity index (χ2v) is 12.0. The Hall–Kier alpha value is -3.60. The van der Waals surface area contributed by atoms with Crippen molar-refractivity contribution in [3.63, 3.8) is 0 Å². The van der Waals surface area contributed by atoms with Crippen molar-refractivity contribution >= 4 is 61.7 Å². The van der Waals surface area contributed by atoms with Crippen LogP contribution in [0.15, 0.2) is 65.8 Å². The molecule has 202 valence electrons. The van der Waals surface area contributed by atoms with Gasteiger partial charge in [0.05, 0.1) is 16.1 Å². The monoisotopic (exact) mass is 586 g/mol. The Morgan fingerprint density at radius 3 is 2.46 bits per heavy atom. The molecule has 9 nitrogen and oxygen atoms in total. The number of rotatable bonds is 9. The van der Waals surface area contributed by atoms with Crippen LogP contribution in [-0.4, -0.2) is 47.5 Å². The van der Waals surface area contributed by atoms with Gasteiger partial charge in [-0.1, -0.05) is 30.1 Å². The molecule has 1 aliphatic carbocycles. The quantitative estimate of drug-likeness (QED) is 0.282. The topological polar surface area (TPSA) is 122 Å². The Morgan fingerprint density at radius 2 is 1.82 bits per heavy atom. The number of carboxylic acids is 1. The number of benzene rings is 2. The SMILES string of the molecule is CCc1cn(-c2cc(C(=O)NC3CC3)ccn2)c2ccc(N(CC(=O)O)S(=O)(=O)c3cc(Cl)cc(Cl)c3)cc12. The summed E-state index contributed by atoms with van der Waals surface area (Å²) in [6, 6.07) is 12.3. The van der Waals surface area contributed by atoms with E-state index in [0.717, 1.165) is 33.6 Å². The summed E-state index contributed by atoms with van der Waals surface area (Å²) in [6.07, 6.45) is 6.02. The van der Waals surface area contributed by atoms with E-state index in [-0.39, 0.29) is 32.6 Å². The summed E-state index contributed by atoms with van der Waals surface area (Å²) in [4.78, 5) is 28.5. The second-order valence-electron chi connectivity index (χ2n) is 9.24. The van der Waals surface area contributed by atoms with Gasteiger partial charge in [-0.3, -0.25) is 13.9 Å². The van der Waals surface area contributed by atoms with Gasteiger partial charge in [0.15, 0.2) is 0 Å². The predicted octanol–water partition coefficient (Wildman–Crippen LogP) is 5.07. The van der Waals surface area contributed by atoms with Crippen LogP contribution in [0.3, 0.4) is 0 Å². The van der Waals surface area contributed by atoms with E-state index in [9.17, 15) is 23.1 Å². The smallest absolute Gasteiger partial charge is 0.324 e. The number of aryl methyl sites for hydroxylation is 1. The summed E-state index contributed by atoms with van der Waals surface area (Å²) in [5.41, 5.74) is 2.27. The Labute approximate surface area is 235 Å². The van der Waals surface area contributed by atoms with E-state index in [4.69, 9.17) is 23.2 Å². The number of hydrogen-bond acceptors (Lipinski definition) is 5. The van der Waals surface area contributed by atoms with Crippen molar-refractivity contribution in [1.29, 1.82) is 0 Å². The van der Waals surface area contributed by atoms with Crippen LogP contribution in [-0.2, 0) is 21.2 Å². The minimum absolute atomic E-state index is 0.109. The first-order valence-electron chi connectivity index (χ1n) is 12.2. The van der Waals surface area contributed by atoms with E-state index >= 15 is 0 Å². The number of amides is 1. The van der Waals surface area contributed by atoms with Gasteiger partial charge in [-0.15, -0.1) is 0 Å². The molecule has 39 heavy (non-hydrogen) atoms. The van der Waals surface area contributed by atoms with Crippen LogP contribution >= 0.6 is 23.2 Å². The van der Waals surface area contributed by atoms with Crippen molar-refractivity contribution in [2.24, 2.45) is 0 Å². The van der Waals surface area contributed by atoms with Gasteiger partial charge < -0.3 is 15.0 Å². The minimum Gasteiger partial charge on any atom is -0.480 e. The Balaban J connectivity index is 1.59. The predicted molar refractivity (Wildman–Crippen MR) is 150 cm³/mol. The number of nitrogens with zero attached hydrogens (tertiary/aromatic N) is 3. The molecule has 2 aromatic heterocycles. The van der Waals surface area contributed by atoms with Crippen molar-refractivity contribution in [1.82, 2.24) is 14.9 Å². The van der Waals surface area contributed by atoms with Gasteiger partial charge in [0.1, 0.15) is 12.4 Å². The molecule has 0 radical (unpaired) electrons. The number of sulfonamides is 1. The van der Waals surface area contributed by atoms with Gasteiger partial charge in [0, 0.05) is 39.4 Å². The van der Waals surface area contributed by atoms with E-state index in [1.54, 1.807) is 30.5 Å². The van der Waals surface area contributed by atoms with Crippen molar-refractivity contribution in [3.8, 4) is 5.82 Å². The van der Waals surface area contributed by atoms with E-state index in [0.29, 0.717) is 17.8 Å². The summed E-state index contributed by atoms with van der Waals surface area (Å²) in [5.74, 6) is -0.962. The third kappa shape index (κ3) is 5.59. The molecule has 1 fully saturated rings. The molecule has 4 aromatic rings. The molecule has 0 atom stereocenters. The van der Waals surface area contributed by atoms with Gasteiger partial charge in [0.2, 0.25) is 0 Å². The molecule has 5 rings (SSSR count). The van der Waals surface area contributed by atoms with Crippen LogP contribution in [0, 0.1) is 0 Å². The maximum atomic E-state index is 13.6. The normalized spacial score (nSPS) is 13.4. The number of carboxylic acid groups (broad SMARTS) is 1. The summed E-state index contributed by atoms with van der Waals surface area (Å²) >= 11 is 12.1. The number of carbonyl (C=O) groups excluding carboxylic acids is 1. The van der Waals surface area contributed by atoms with Gasteiger partial charge >= 0.3 is 5.97 Å². The lowest BCUT2D eigenvalue weighted by atomic mass is 10.1. The summed E-state index contributed by atoms with van der Waals surface area (Å²) < 4.78 is 29.8. The summed E-state index contributed by atoms with van der Waals surface area (Å²) in [5, 5.41) is 13.5. The fraction of sp³-hybridized carbons (Fsp3) is 0.222. The minimum atomic E-state index is -4.33. The molecule has 0 saturated heterocycles. The van der Waals surface area contributed by atoms with Gasteiger partial charge in [-0.25, -0.2) is 13.4 Å². The molecule has 12 heteroatoms. The maximum absolute atomic E-state index is 13.6. The van der Waals surface area contributed by atoms with Crippen LogP contribution < -0.4 is 9.62 Å². The Kier molecular flexibility index (Phi) is 7.28. The fourth-order valence-corrected chi connectivity index (χ4v) is 6.48. The van der Waals surface area contributed by atoms with Gasteiger partial charge in [-0.2, -0.15) is 0 Å². The highest BCUT2D eigenvalue weighted by Crippen LogP contribution is 2.33. The number of pyridine rings is 1. The van der Waals surface area contributed by atoms with Gasteiger partial charge in [0.25, 0.3) is 15.9 Å². The molecular formula is C27H24Cl2N4O5S. The van der Waals surface area contributed by atoms with E-state index < -0.39 is 22.5 Å². The van der Waals surface area contributed by atoms with E-state index in [1.807, 2.05) is 17.7 Å². The number of fused-ring (bicyclic) bond motifs is 1. The average molecular weight is 587 g/mol. The highest BCUT2D eigenvalue weighted by Gasteiger charge is 2.29. The molecule has 0 spiro atoms. The lowest BCUT2D eigenvalue weighted by Crippen LogP contribution is -2.35. The third-order valence-corrected chi connectivity index (χ3v) is 8.60. The van der Waals surface area contributed by atoms with Crippen LogP contribution in [0.4, 0.5) is 5.69 Å². The van der Waals surface area contributed by atoms with Crippen LogP contribution in [0.2, 0.25) is 10.0 Å². The molecule has 1 saturated carbocycles. The number of anilines is 1. The standard InChI is InChI=1S/C27H24Cl2N4O5S/c1-2-16-14-32(25-9-17(7-8-30-25)27(36)31-20-3-4-20)24-6-5-21(13-23(16)24)33(15-26(34)35)39(37,38)22-11-18(28)10-19(29)12-22/h5-14,20H,2-4,15H2,1H3,(H,31,36)(H,34,35). The molecule has 1 aliphatic rings. The van der Waals surface area contributed by atoms with Crippen LogP contribution in [0.25, 0.3) is 16.7 Å².